The third-order valence-electron chi connectivity index (χ3n) is 30.1. The first kappa shape index (κ1) is 83.9. The fraction of sp³-hybridized carbons (Fsp3) is 0.0687. The monoisotopic (exact) mass is 1840 g/mol. The number of nitrogens with one attached hydrogen (secondary N) is 1. The zero-order chi connectivity index (χ0) is 94.0. The van der Waals surface area contributed by atoms with Gasteiger partial charge in [-0.3, -0.25) is 0 Å². The molecule has 3 aliphatic carbocycles. The van der Waals surface area contributed by atoms with Gasteiger partial charge in [0.25, 0.3) is 0 Å². The van der Waals surface area contributed by atoms with Gasteiger partial charge in [-0.25, -0.2) is 0 Å². The highest BCUT2D eigenvalue weighted by Crippen LogP contribution is 2.56. The normalized spacial score (nSPS) is 13.3. The average molecular weight is 1840 g/mol. The highest BCUT2D eigenvalue weighted by atomic mass is 35.5. The van der Waals surface area contributed by atoms with Gasteiger partial charge in [0, 0.05) is 138 Å². The van der Waals surface area contributed by atoms with Gasteiger partial charge in [0.15, 0.2) is 0 Å². The van der Waals surface area contributed by atoms with Crippen molar-refractivity contribution in [3.8, 4) is 56.1 Å². The van der Waals surface area contributed by atoms with Crippen LogP contribution < -0.4 is 15.1 Å². The molecule has 7 nitrogen and oxygen atoms in total. The summed E-state index contributed by atoms with van der Waals surface area (Å²) < 4.78 is 9.57. The van der Waals surface area contributed by atoms with Crippen molar-refractivity contribution in [2.24, 2.45) is 0 Å². The molecule has 9 heteroatoms. The van der Waals surface area contributed by atoms with Crippen LogP contribution in [0.5, 0.6) is 0 Å². The molecule has 0 bridgehead atoms. The van der Waals surface area contributed by atoms with Crippen LogP contribution in [-0.2, 0) is 16.2 Å². The van der Waals surface area contributed by atoms with Gasteiger partial charge >= 0.3 is 0 Å². The predicted molar refractivity (Wildman–Crippen MR) is 593 cm³/mol. The molecule has 0 radical (unpaired) electrons. The van der Waals surface area contributed by atoms with E-state index in [-0.39, 0.29) is 16.2 Å². The van der Waals surface area contributed by atoms with E-state index in [1.165, 1.54) is 142 Å². The molecule has 0 fully saturated rings. The van der Waals surface area contributed by atoms with Crippen molar-refractivity contribution in [3.05, 3.63) is 504 Å². The van der Waals surface area contributed by atoms with Gasteiger partial charge in [0.1, 0.15) is 0 Å². The first-order chi connectivity index (χ1) is 68.6. The Morgan fingerprint density at radius 3 is 0.771 bits per heavy atom. The molecule has 25 aromatic rings. The molecule has 4 aromatic heterocycles. The van der Waals surface area contributed by atoms with Crippen molar-refractivity contribution in [2.75, 3.05) is 15.1 Å². The van der Waals surface area contributed by atoms with Crippen molar-refractivity contribution in [1.82, 2.24) is 18.3 Å². The molecule has 668 valence electrons. The van der Waals surface area contributed by atoms with E-state index in [4.69, 9.17) is 23.2 Å². The Labute approximate surface area is 823 Å². The minimum atomic E-state index is -0.132. The van der Waals surface area contributed by atoms with Crippen LogP contribution in [0.25, 0.3) is 165 Å². The smallest absolute Gasteiger partial charge is 0.0562 e. The van der Waals surface area contributed by atoms with E-state index in [0.717, 1.165) is 111 Å². The Balaban J connectivity index is 0.000000137. The number of rotatable bonds is 12. The number of para-hydroxylation sites is 7. The lowest BCUT2D eigenvalue weighted by atomic mass is 9.82. The van der Waals surface area contributed by atoms with Crippen LogP contribution in [0.15, 0.2) is 461 Å². The molecule has 140 heavy (non-hydrogen) atoms. The number of nitrogens with zero attached hydrogens (tertiary/aromatic N) is 6. The largest absolute Gasteiger partial charge is 0.356 e. The summed E-state index contributed by atoms with van der Waals surface area (Å²) in [6, 6.07) is 167. The number of aromatic nitrogens is 4. The summed E-state index contributed by atoms with van der Waals surface area (Å²) in [6.45, 7) is 14.1. The average Bonchev–Trinajstić information content (AvgIpc) is 1.54. The van der Waals surface area contributed by atoms with Crippen LogP contribution in [-0.4, -0.2) is 18.3 Å². The number of hydrogen-bond donors (Lipinski definition) is 1. The van der Waals surface area contributed by atoms with E-state index >= 15 is 0 Å². The molecule has 0 unspecified atom stereocenters. The van der Waals surface area contributed by atoms with Crippen LogP contribution in [0.3, 0.4) is 0 Å². The van der Waals surface area contributed by atoms with Crippen molar-refractivity contribution in [2.45, 2.75) is 57.8 Å². The summed E-state index contributed by atoms with van der Waals surface area (Å²) in [5, 5.41) is 19.6. The van der Waals surface area contributed by atoms with E-state index < -0.39 is 0 Å². The van der Waals surface area contributed by atoms with Gasteiger partial charge in [-0.15, -0.1) is 0 Å². The Morgan fingerprint density at radius 1 is 0.186 bits per heavy atom. The zero-order valence-electron chi connectivity index (χ0n) is 78.3. The highest BCUT2D eigenvalue weighted by molar-refractivity contribution is 6.35. The molecule has 0 spiro atoms. The quantitative estimate of drug-likeness (QED) is 0.132. The number of hydrogen-bond acceptors (Lipinski definition) is 3. The topological polar surface area (TPSA) is 38.2 Å². The third-order valence-corrected chi connectivity index (χ3v) is 30.6. The molecular formula is C131H95Cl2N7. The Morgan fingerprint density at radius 2 is 0.436 bits per heavy atom. The Hall–Kier alpha value is -16.7. The standard InChI is InChI=1S/C76H56N4.C34H20Cl2N2.C21H19N/c1-75(2)65-31-19-17-29-57(65)59-37-33-53(45-67(59)75)77(49-21-9-5-10-22-49)55-35-39-63-71(47-55)79(51-25-13-7-14-26-51)69-43-41-62-61(73(63)69)42-44-70-74(62)64-40-36-56(48-72(64)80(70)52-27-15-8-16-28-52)78(50-23-11-6-12-24-50)54-34-38-60-58-30-18-20-32-66(58)76(3,4)68(60)46-54;35-21-11-13-27-31(19-21)37(23-7-3-1-4-8-23)29-17-15-26-25(33(27)29)16-18-30-34(26)28-14-12-22(36)20-32(28)38(30)24-9-5-2-6-10-24;1-21(2)19-11-7-6-10-17(19)18-13-12-16(14-20(18)21)22-15-8-4-3-5-9-15/h5-48H,1-4H3;1-20H;3-14,22H,1-2H3. The molecule has 0 atom stereocenters. The lowest BCUT2D eigenvalue weighted by Gasteiger charge is -2.28. The Kier molecular flexibility index (Phi) is 19.6. The van der Waals surface area contributed by atoms with Gasteiger partial charge < -0.3 is 33.4 Å². The molecular weight excluding hydrogens is 1740 g/mol. The zero-order valence-corrected chi connectivity index (χ0v) is 79.8. The van der Waals surface area contributed by atoms with E-state index in [1.54, 1.807) is 0 Å². The maximum Gasteiger partial charge on any atom is 0.0562 e. The summed E-state index contributed by atoms with van der Waals surface area (Å²) in [5.41, 5.74) is 38.7. The second-order valence-electron chi connectivity index (χ2n) is 39.0. The molecule has 0 aliphatic heterocycles. The molecule has 1 N–H and O–H groups in total. The SMILES string of the molecule is CC1(C)c2ccccc2-c2ccc(N(c3ccccc3)c3ccc4c5c6ccc7c(c6ccc5n(-c5ccccc5)c4c3)c3ccc(N(c4ccccc4)c4ccc5c(c4)C(C)(C)c4ccccc4-5)cc3n7-c3ccccc3)cc21.CC1(C)c2ccccc2-c2ccc(Nc3ccccc3)cc21.Clc1ccc2c3c4ccc5c(c4ccc3n(-c3ccccc3)c2c1)c1ccc(Cl)cc1n5-c1ccccc1. The van der Waals surface area contributed by atoms with Gasteiger partial charge in [0.2, 0.25) is 0 Å². The van der Waals surface area contributed by atoms with Gasteiger partial charge in [-0.1, -0.05) is 332 Å². The summed E-state index contributed by atoms with van der Waals surface area (Å²) in [4.78, 5) is 4.87. The first-order valence-electron chi connectivity index (χ1n) is 48.3. The van der Waals surface area contributed by atoms with Gasteiger partial charge in [0.05, 0.1) is 44.1 Å². The summed E-state index contributed by atoms with van der Waals surface area (Å²) in [5.74, 6) is 0. The van der Waals surface area contributed by atoms with E-state index in [1.807, 2.05) is 30.3 Å². The third kappa shape index (κ3) is 13.3. The van der Waals surface area contributed by atoms with Crippen LogP contribution >= 0.6 is 23.2 Å². The highest BCUT2D eigenvalue weighted by Gasteiger charge is 2.40. The number of fused-ring (bicyclic) bond motifs is 27. The lowest BCUT2D eigenvalue weighted by molar-refractivity contribution is 0.660. The van der Waals surface area contributed by atoms with Crippen LogP contribution in [0, 0.1) is 0 Å². The van der Waals surface area contributed by atoms with Gasteiger partial charge in [-0.05, 0) is 282 Å². The van der Waals surface area contributed by atoms with E-state index in [0.29, 0.717) is 0 Å². The predicted octanol–water partition coefficient (Wildman–Crippen LogP) is 36.7. The van der Waals surface area contributed by atoms with Crippen LogP contribution in [0.2, 0.25) is 10.0 Å². The molecule has 28 rings (SSSR count). The van der Waals surface area contributed by atoms with Crippen LogP contribution in [0.1, 0.15) is 74.9 Å². The second-order valence-corrected chi connectivity index (χ2v) is 39.9. The van der Waals surface area contributed by atoms with Crippen LogP contribution in [0.4, 0.5) is 45.5 Å². The fourth-order valence-corrected chi connectivity index (χ4v) is 24.0. The Bertz CT molecular complexity index is 8850. The van der Waals surface area contributed by atoms with E-state index in [9.17, 15) is 0 Å². The number of anilines is 8. The van der Waals surface area contributed by atoms with Crippen molar-refractivity contribution in [3.63, 3.8) is 0 Å². The fourth-order valence-electron chi connectivity index (χ4n) is 23.7. The van der Waals surface area contributed by atoms with Gasteiger partial charge in [-0.2, -0.15) is 0 Å². The number of benzene rings is 21. The molecule has 21 aromatic carbocycles. The lowest BCUT2D eigenvalue weighted by Crippen LogP contribution is -2.16. The summed E-state index contributed by atoms with van der Waals surface area (Å²) in [6.07, 6.45) is 0. The minimum absolute atomic E-state index is 0.0559. The molecule has 0 saturated heterocycles. The van der Waals surface area contributed by atoms with E-state index in [2.05, 4.69) is 506 Å². The minimum Gasteiger partial charge on any atom is -0.356 e. The molecule has 0 saturated carbocycles. The number of halogens is 2. The van der Waals surface area contributed by atoms with Crippen molar-refractivity contribution >= 4 is 177 Å². The maximum atomic E-state index is 6.51. The summed E-state index contributed by atoms with van der Waals surface area (Å²) in [7, 11) is 0. The molecule has 4 heterocycles. The first-order valence-corrected chi connectivity index (χ1v) is 49.1. The molecule has 3 aliphatic rings. The second kappa shape index (κ2) is 32.8. The van der Waals surface area contributed by atoms with Crippen molar-refractivity contribution < 1.29 is 0 Å². The summed E-state index contributed by atoms with van der Waals surface area (Å²) >= 11 is 13.0. The maximum absolute atomic E-state index is 6.51. The van der Waals surface area contributed by atoms with Crippen molar-refractivity contribution in [1.29, 1.82) is 0 Å². The molecule has 0 amide bonds.